The Morgan fingerprint density at radius 3 is 2.43 bits per heavy atom. The normalized spacial score (nSPS) is 11.1. The summed E-state index contributed by atoms with van der Waals surface area (Å²) in [5, 5.41) is 14.3. The molecule has 0 aliphatic heterocycles. The Hall–Kier alpha value is -2.54. The summed E-state index contributed by atoms with van der Waals surface area (Å²) in [5.74, 6) is -0.449. The molecule has 0 fully saturated rings. The number of carbonyl (C=O) groups is 2. The topological polar surface area (TPSA) is 96.9 Å². The van der Waals surface area contributed by atoms with Crippen LogP contribution in [0, 0.1) is 0 Å². The number of anilines is 1. The molecule has 0 aliphatic carbocycles. The van der Waals surface area contributed by atoms with Crippen LogP contribution in [0.3, 0.4) is 0 Å². The van der Waals surface area contributed by atoms with Gasteiger partial charge < -0.3 is 25.2 Å². The highest BCUT2D eigenvalue weighted by molar-refractivity contribution is 6.01. The van der Waals surface area contributed by atoms with Crippen LogP contribution < -0.4 is 15.4 Å². The number of rotatable bonds is 8. The molecule has 7 heteroatoms. The molecule has 1 aromatic rings. The number of aliphatic hydroxyl groups excluding tert-OH is 1. The maximum absolute atomic E-state index is 12.1. The van der Waals surface area contributed by atoms with Crippen molar-refractivity contribution in [3.8, 4) is 5.75 Å². The van der Waals surface area contributed by atoms with Crippen molar-refractivity contribution in [2.75, 3.05) is 25.6 Å². The predicted molar refractivity (Wildman–Crippen MR) is 86.0 cm³/mol. The lowest BCUT2D eigenvalue weighted by Crippen LogP contribution is -2.34. The second-order valence-corrected chi connectivity index (χ2v) is 4.93. The molecule has 0 saturated carbocycles. The maximum atomic E-state index is 12.1. The number of aliphatic hydroxyl groups is 1. The Morgan fingerprint density at radius 1 is 1.26 bits per heavy atom. The number of benzene rings is 1. The van der Waals surface area contributed by atoms with E-state index in [1.165, 1.54) is 7.11 Å². The number of hydrogen-bond acceptors (Lipinski definition) is 6. The van der Waals surface area contributed by atoms with Gasteiger partial charge in [-0.25, -0.2) is 4.79 Å². The van der Waals surface area contributed by atoms with Crippen molar-refractivity contribution >= 4 is 17.6 Å². The molecule has 0 aliphatic rings. The van der Waals surface area contributed by atoms with Crippen molar-refractivity contribution in [2.24, 2.45) is 0 Å². The molecule has 23 heavy (non-hydrogen) atoms. The molecule has 126 valence electrons. The quantitative estimate of drug-likeness (QED) is 0.489. The van der Waals surface area contributed by atoms with E-state index in [0.717, 1.165) is 6.08 Å². The predicted octanol–water partition coefficient (Wildman–Crippen LogP) is 1.05. The minimum absolute atomic E-state index is 0.0681. The van der Waals surface area contributed by atoms with Gasteiger partial charge in [0.15, 0.2) is 0 Å². The van der Waals surface area contributed by atoms with Crippen LogP contribution in [-0.2, 0) is 14.3 Å². The largest absolute Gasteiger partial charge is 0.491 e. The average molecular weight is 322 g/mol. The van der Waals surface area contributed by atoms with Crippen LogP contribution in [0.4, 0.5) is 5.69 Å². The van der Waals surface area contributed by atoms with Gasteiger partial charge in [0.1, 0.15) is 18.1 Å². The average Bonchev–Trinajstić information content (AvgIpc) is 2.52. The summed E-state index contributed by atoms with van der Waals surface area (Å²) in [6.45, 7) is 3.78. The van der Waals surface area contributed by atoms with E-state index in [2.05, 4.69) is 15.4 Å². The second-order valence-electron chi connectivity index (χ2n) is 4.93. The molecule has 1 aromatic carbocycles. The van der Waals surface area contributed by atoms with Crippen molar-refractivity contribution in [3.63, 3.8) is 0 Å². The van der Waals surface area contributed by atoms with E-state index in [4.69, 9.17) is 9.84 Å². The first-order chi connectivity index (χ1) is 11.0. The van der Waals surface area contributed by atoms with Crippen molar-refractivity contribution < 1.29 is 24.2 Å². The zero-order valence-electron chi connectivity index (χ0n) is 13.5. The molecule has 0 spiro atoms. The SMILES string of the molecule is COC(=O)C=C(Nc1ccc(OCCO)cc1)C(=O)NC(C)C. The fourth-order valence-electron chi connectivity index (χ4n) is 1.63. The van der Waals surface area contributed by atoms with Gasteiger partial charge in [-0.3, -0.25) is 4.79 Å². The molecule has 0 bridgehead atoms. The molecule has 0 radical (unpaired) electrons. The van der Waals surface area contributed by atoms with E-state index < -0.39 is 11.9 Å². The van der Waals surface area contributed by atoms with Gasteiger partial charge in [0.25, 0.3) is 5.91 Å². The lowest BCUT2D eigenvalue weighted by atomic mass is 10.2. The van der Waals surface area contributed by atoms with E-state index in [1.54, 1.807) is 24.3 Å². The second kappa shape index (κ2) is 9.47. The zero-order valence-corrected chi connectivity index (χ0v) is 13.5. The molecule has 7 nitrogen and oxygen atoms in total. The van der Waals surface area contributed by atoms with Gasteiger partial charge in [-0.05, 0) is 38.1 Å². The van der Waals surface area contributed by atoms with Crippen LogP contribution in [0.5, 0.6) is 5.75 Å². The molecule has 0 saturated heterocycles. The van der Waals surface area contributed by atoms with Crippen LogP contribution in [0.1, 0.15) is 13.8 Å². The molecule has 1 amide bonds. The first kappa shape index (κ1) is 18.5. The molecular formula is C16H22N2O5. The van der Waals surface area contributed by atoms with Crippen molar-refractivity contribution in [1.29, 1.82) is 0 Å². The summed E-state index contributed by atoms with van der Waals surface area (Å²) in [7, 11) is 1.24. The molecule has 0 unspecified atom stereocenters. The third-order valence-electron chi connectivity index (χ3n) is 2.62. The number of esters is 1. The van der Waals surface area contributed by atoms with Crippen molar-refractivity contribution in [2.45, 2.75) is 19.9 Å². The third-order valence-corrected chi connectivity index (χ3v) is 2.62. The van der Waals surface area contributed by atoms with Crippen LogP contribution in [0.2, 0.25) is 0 Å². The Balaban J connectivity index is 2.86. The maximum Gasteiger partial charge on any atom is 0.332 e. The van der Waals surface area contributed by atoms with Gasteiger partial charge in [0.2, 0.25) is 0 Å². The van der Waals surface area contributed by atoms with Crippen LogP contribution in [0.25, 0.3) is 0 Å². The summed E-state index contributed by atoms with van der Waals surface area (Å²) in [5.41, 5.74) is 0.685. The summed E-state index contributed by atoms with van der Waals surface area (Å²) >= 11 is 0. The lowest BCUT2D eigenvalue weighted by Gasteiger charge is -2.14. The molecule has 3 N–H and O–H groups in total. The first-order valence-electron chi connectivity index (χ1n) is 7.17. The Morgan fingerprint density at radius 2 is 1.91 bits per heavy atom. The Kier molecular flexibility index (Phi) is 7.62. The highest BCUT2D eigenvalue weighted by Gasteiger charge is 2.13. The van der Waals surface area contributed by atoms with Crippen LogP contribution in [0.15, 0.2) is 36.0 Å². The highest BCUT2D eigenvalue weighted by Crippen LogP contribution is 2.17. The van der Waals surface area contributed by atoms with E-state index >= 15 is 0 Å². The van der Waals surface area contributed by atoms with E-state index in [-0.39, 0.29) is 25.0 Å². The van der Waals surface area contributed by atoms with E-state index in [0.29, 0.717) is 11.4 Å². The van der Waals surface area contributed by atoms with Gasteiger partial charge in [0.05, 0.1) is 19.8 Å². The summed E-state index contributed by atoms with van der Waals surface area (Å²) in [6.07, 6.45) is 1.09. The standard InChI is InChI=1S/C16H22N2O5/c1-11(2)17-16(21)14(10-15(20)22-3)18-12-4-6-13(7-5-12)23-9-8-19/h4-7,10-11,18-19H,8-9H2,1-3H3,(H,17,21). The monoisotopic (exact) mass is 322 g/mol. The minimum atomic E-state index is -0.630. The number of carbonyl (C=O) groups excluding carboxylic acids is 2. The lowest BCUT2D eigenvalue weighted by molar-refractivity contribution is -0.135. The molecule has 0 aromatic heterocycles. The molecule has 0 heterocycles. The first-order valence-corrected chi connectivity index (χ1v) is 7.17. The Bertz CT molecular complexity index is 552. The number of amides is 1. The number of methoxy groups -OCH3 is 1. The number of nitrogens with one attached hydrogen (secondary N) is 2. The highest BCUT2D eigenvalue weighted by atomic mass is 16.5. The van der Waals surface area contributed by atoms with E-state index in [9.17, 15) is 9.59 Å². The molecule has 1 rings (SSSR count). The number of hydrogen-bond donors (Lipinski definition) is 3. The van der Waals surface area contributed by atoms with Gasteiger partial charge >= 0.3 is 5.97 Å². The third kappa shape index (κ3) is 6.84. The summed E-state index contributed by atoms with van der Waals surface area (Å²) in [4.78, 5) is 23.5. The molecular weight excluding hydrogens is 300 g/mol. The van der Waals surface area contributed by atoms with Crippen LogP contribution in [-0.4, -0.2) is 43.3 Å². The summed E-state index contributed by atoms with van der Waals surface area (Å²) < 4.78 is 9.81. The van der Waals surface area contributed by atoms with Crippen molar-refractivity contribution in [1.82, 2.24) is 5.32 Å². The Labute approximate surface area is 135 Å². The van der Waals surface area contributed by atoms with E-state index in [1.807, 2.05) is 13.8 Å². The van der Waals surface area contributed by atoms with Crippen molar-refractivity contribution in [3.05, 3.63) is 36.0 Å². The van der Waals surface area contributed by atoms with Gasteiger partial charge in [-0.1, -0.05) is 0 Å². The summed E-state index contributed by atoms with van der Waals surface area (Å²) in [6, 6.07) is 6.70. The smallest absolute Gasteiger partial charge is 0.332 e. The molecule has 0 atom stereocenters. The van der Waals surface area contributed by atoms with Gasteiger partial charge in [-0.15, -0.1) is 0 Å². The fourth-order valence-corrected chi connectivity index (χ4v) is 1.63. The van der Waals surface area contributed by atoms with Gasteiger partial charge in [0, 0.05) is 11.7 Å². The van der Waals surface area contributed by atoms with Crippen LogP contribution >= 0.6 is 0 Å². The zero-order chi connectivity index (χ0) is 17.2. The van der Waals surface area contributed by atoms with Gasteiger partial charge in [-0.2, -0.15) is 0 Å². The minimum Gasteiger partial charge on any atom is -0.491 e. The fraction of sp³-hybridized carbons (Fsp3) is 0.375. The number of ether oxygens (including phenoxy) is 2.